The molecule has 0 spiro atoms. The van der Waals surface area contributed by atoms with Gasteiger partial charge >= 0.3 is 0 Å². The van der Waals surface area contributed by atoms with Gasteiger partial charge in [-0.1, -0.05) is 0 Å². The van der Waals surface area contributed by atoms with E-state index in [1.807, 2.05) is 26.4 Å². The first-order valence-corrected chi connectivity index (χ1v) is 3.88. The monoisotopic (exact) mass is 161 g/mol. The largest absolute Gasteiger partial charge is 0.376 e. The van der Waals surface area contributed by atoms with E-state index in [1.54, 1.807) is 6.20 Å². The molecular formula is C9H11N3. The molecule has 62 valence electrons. The van der Waals surface area contributed by atoms with E-state index in [9.17, 15) is 0 Å². The first-order valence-electron chi connectivity index (χ1n) is 3.88. The Morgan fingerprint density at radius 2 is 2.25 bits per heavy atom. The van der Waals surface area contributed by atoms with Gasteiger partial charge in [-0.05, 0) is 12.1 Å². The number of hydrogen-bond acceptors (Lipinski definition) is 2. The molecule has 0 amide bonds. The molecular weight excluding hydrogens is 150 g/mol. The fourth-order valence-corrected chi connectivity index (χ4v) is 1.31. The Morgan fingerprint density at radius 3 is 3.00 bits per heavy atom. The average molecular weight is 161 g/mol. The summed E-state index contributed by atoms with van der Waals surface area (Å²) in [5.41, 5.74) is 2.12. The lowest BCUT2D eigenvalue weighted by Gasteiger charge is -2.09. The predicted octanol–water partition coefficient (Wildman–Crippen LogP) is 1.63. The molecule has 0 radical (unpaired) electrons. The van der Waals surface area contributed by atoms with E-state index in [-0.39, 0.29) is 0 Å². The van der Waals surface area contributed by atoms with Gasteiger partial charge in [0.15, 0.2) is 0 Å². The Hall–Kier alpha value is -1.51. The van der Waals surface area contributed by atoms with Crippen LogP contribution in [-0.4, -0.2) is 24.1 Å². The summed E-state index contributed by atoms with van der Waals surface area (Å²) in [4.78, 5) is 9.39. The van der Waals surface area contributed by atoms with Gasteiger partial charge in [-0.25, -0.2) is 4.98 Å². The lowest BCUT2D eigenvalue weighted by atomic mass is 10.3. The molecule has 0 bridgehead atoms. The molecule has 2 heterocycles. The Kier molecular flexibility index (Phi) is 1.50. The maximum absolute atomic E-state index is 4.20. The molecule has 0 aliphatic rings. The second-order valence-electron chi connectivity index (χ2n) is 2.97. The van der Waals surface area contributed by atoms with Crippen LogP contribution in [0.25, 0.3) is 11.0 Å². The number of hydrogen-bond donors (Lipinski definition) is 1. The third-order valence-corrected chi connectivity index (χ3v) is 1.91. The number of nitrogens with zero attached hydrogens (tertiary/aromatic N) is 2. The van der Waals surface area contributed by atoms with Gasteiger partial charge in [0.05, 0.1) is 5.69 Å². The van der Waals surface area contributed by atoms with Crippen LogP contribution in [0, 0.1) is 0 Å². The van der Waals surface area contributed by atoms with Gasteiger partial charge in [0.1, 0.15) is 5.65 Å². The predicted molar refractivity (Wildman–Crippen MR) is 50.4 cm³/mol. The topological polar surface area (TPSA) is 31.9 Å². The van der Waals surface area contributed by atoms with Gasteiger partial charge in [0.2, 0.25) is 0 Å². The Bertz CT molecular complexity index is 389. The van der Waals surface area contributed by atoms with E-state index in [0.717, 1.165) is 5.65 Å². The molecule has 3 nitrogen and oxygen atoms in total. The van der Waals surface area contributed by atoms with Crippen LogP contribution in [-0.2, 0) is 0 Å². The zero-order valence-electron chi connectivity index (χ0n) is 7.20. The summed E-state index contributed by atoms with van der Waals surface area (Å²) in [7, 11) is 4.05. The van der Waals surface area contributed by atoms with Crippen LogP contribution in [0.15, 0.2) is 24.5 Å². The fraction of sp³-hybridized carbons (Fsp3) is 0.222. The summed E-state index contributed by atoms with van der Waals surface area (Å²) in [6.45, 7) is 0. The second kappa shape index (κ2) is 2.52. The summed E-state index contributed by atoms with van der Waals surface area (Å²) in [6.07, 6.45) is 3.76. The number of aromatic nitrogens is 2. The summed E-state index contributed by atoms with van der Waals surface area (Å²) < 4.78 is 0. The van der Waals surface area contributed by atoms with Crippen LogP contribution in [0.3, 0.4) is 0 Å². The molecule has 0 saturated heterocycles. The number of aromatic amines is 1. The zero-order valence-corrected chi connectivity index (χ0v) is 7.20. The van der Waals surface area contributed by atoms with Crippen molar-refractivity contribution in [3.8, 4) is 0 Å². The highest BCUT2D eigenvalue weighted by Crippen LogP contribution is 2.22. The Labute approximate surface area is 71.0 Å². The van der Waals surface area contributed by atoms with Crippen molar-refractivity contribution in [1.82, 2.24) is 9.97 Å². The molecule has 2 aromatic rings. The van der Waals surface area contributed by atoms with Crippen LogP contribution < -0.4 is 4.90 Å². The standard InChI is InChI=1S/C9H11N3/c1-12(2)8-6-11-9-7(8)4-3-5-10-9/h3-6H,1-2H3,(H,10,11). The number of nitrogens with one attached hydrogen (secondary N) is 1. The van der Waals surface area contributed by atoms with E-state index in [1.165, 1.54) is 11.1 Å². The molecule has 0 unspecified atom stereocenters. The van der Waals surface area contributed by atoms with Gasteiger partial charge in [-0.3, -0.25) is 0 Å². The number of pyridine rings is 1. The van der Waals surface area contributed by atoms with Gasteiger partial charge in [-0.2, -0.15) is 0 Å². The second-order valence-corrected chi connectivity index (χ2v) is 2.97. The van der Waals surface area contributed by atoms with Crippen molar-refractivity contribution in [2.75, 3.05) is 19.0 Å². The summed E-state index contributed by atoms with van der Waals surface area (Å²) in [6, 6.07) is 4.01. The molecule has 2 aromatic heterocycles. The minimum absolute atomic E-state index is 0.946. The van der Waals surface area contributed by atoms with Gasteiger partial charge in [0, 0.05) is 31.9 Å². The molecule has 1 N–H and O–H groups in total. The molecule has 0 saturated carbocycles. The highest BCUT2D eigenvalue weighted by atomic mass is 15.1. The lowest BCUT2D eigenvalue weighted by Crippen LogP contribution is -2.07. The molecule has 0 aliphatic carbocycles. The number of fused-ring (bicyclic) bond motifs is 1. The van der Waals surface area contributed by atoms with Crippen LogP contribution in [0.1, 0.15) is 0 Å². The molecule has 3 heteroatoms. The number of H-pyrrole nitrogens is 1. The van der Waals surface area contributed by atoms with Crippen LogP contribution in [0.5, 0.6) is 0 Å². The first-order chi connectivity index (χ1) is 5.79. The van der Waals surface area contributed by atoms with Crippen molar-refractivity contribution in [3.05, 3.63) is 24.5 Å². The SMILES string of the molecule is CN(C)c1c[nH]c2ncccc12. The molecule has 2 rings (SSSR count). The third kappa shape index (κ3) is 0.942. The minimum Gasteiger partial charge on any atom is -0.376 e. The maximum atomic E-state index is 4.20. The normalized spacial score (nSPS) is 10.5. The van der Waals surface area contributed by atoms with E-state index < -0.39 is 0 Å². The molecule has 0 aliphatic heterocycles. The van der Waals surface area contributed by atoms with Crippen LogP contribution in [0.2, 0.25) is 0 Å². The van der Waals surface area contributed by atoms with Crippen molar-refractivity contribution in [2.24, 2.45) is 0 Å². The summed E-state index contributed by atoms with van der Waals surface area (Å²) >= 11 is 0. The first kappa shape index (κ1) is 7.16. The van der Waals surface area contributed by atoms with Crippen molar-refractivity contribution >= 4 is 16.7 Å². The Balaban J connectivity index is 2.70. The highest BCUT2D eigenvalue weighted by molar-refractivity contribution is 5.89. The van der Waals surface area contributed by atoms with Crippen LogP contribution in [0.4, 0.5) is 5.69 Å². The van der Waals surface area contributed by atoms with Crippen molar-refractivity contribution in [3.63, 3.8) is 0 Å². The smallest absolute Gasteiger partial charge is 0.139 e. The zero-order chi connectivity index (χ0) is 8.55. The third-order valence-electron chi connectivity index (χ3n) is 1.91. The van der Waals surface area contributed by atoms with Gasteiger partial charge in [-0.15, -0.1) is 0 Å². The number of rotatable bonds is 1. The van der Waals surface area contributed by atoms with Gasteiger partial charge < -0.3 is 9.88 Å². The summed E-state index contributed by atoms with van der Waals surface area (Å²) in [5, 5.41) is 1.17. The van der Waals surface area contributed by atoms with E-state index in [2.05, 4.69) is 20.9 Å². The van der Waals surface area contributed by atoms with Crippen molar-refractivity contribution < 1.29 is 0 Å². The van der Waals surface area contributed by atoms with Crippen molar-refractivity contribution in [2.45, 2.75) is 0 Å². The average Bonchev–Trinajstić information content (AvgIpc) is 2.47. The fourth-order valence-electron chi connectivity index (χ4n) is 1.31. The molecule has 0 aromatic carbocycles. The summed E-state index contributed by atoms with van der Waals surface area (Å²) in [5.74, 6) is 0. The highest BCUT2D eigenvalue weighted by Gasteiger charge is 2.03. The maximum Gasteiger partial charge on any atom is 0.139 e. The quantitative estimate of drug-likeness (QED) is 0.689. The van der Waals surface area contributed by atoms with E-state index >= 15 is 0 Å². The van der Waals surface area contributed by atoms with E-state index in [4.69, 9.17) is 0 Å². The van der Waals surface area contributed by atoms with E-state index in [0.29, 0.717) is 0 Å². The minimum atomic E-state index is 0.946. The molecule has 12 heavy (non-hydrogen) atoms. The molecule has 0 atom stereocenters. The van der Waals surface area contributed by atoms with Gasteiger partial charge in [0.25, 0.3) is 0 Å². The Morgan fingerprint density at radius 1 is 1.42 bits per heavy atom. The molecule has 0 fully saturated rings. The van der Waals surface area contributed by atoms with Crippen LogP contribution >= 0.6 is 0 Å². The lowest BCUT2D eigenvalue weighted by molar-refractivity contribution is 1.14. The van der Waals surface area contributed by atoms with Crippen molar-refractivity contribution in [1.29, 1.82) is 0 Å². The number of anilines is 1.